The van der Waals surface area contributed by atoms with Crippen LogP contribution in [0.1, 0.15) is 12.5 Å². The largest absolute Gasteiger partial charge is 0.403 e. The second-order valence-electron chi connectivity index (χ2n) is 6.19. The summed E-state index contributed by atoms with van der Waals surface area (Å²) in [5.41, 5.74) is 9.76. The average molecular weight is 394 g/mol. The summed E-state index contributed by atoms with van der Waals surface area (Å²) in [4.78, 5) is 11.6. The molecule has 1 aromatic heterocycles. The number of aryl methyl sites for hydroxylation is 1. The van der Waals surface area contributed by atoms with Crippen molar-refractivity contribution in [1.82, 2.24) is 4.57 Å². The first-order valence-corrected chi connectivity index (χ1v) is 9.54. The number of nitrogens with one attached hydrogen (secondary N) is 1. The molecule has 28 heavy (non-hydrogen) atoms. The normalized spacial score (nSPS) is 9.93. The van der Waals surface area contributed by atoms with Crippen LogP contribution in [0.25, 0.3) is 22.2 Å². The van der Waals surface area contributed by atoms with E-state index in [1.54, 1.807) is 6.92 Å². The predicted molar refractivity (Wildman–Crippen MR) is 117 cm³/mol. The lowest BCUT2D eigenvalue weighted by atomic mass is 10.1. The van der Waals surface area contributed by atoms with Crippen molar-refractivity contribution in [2.45, 2.75) is 6.92 Å². The van der Waals surface area contributed by atoms with Crippen LogP contribution >= 0.6 is 11.9 Å². The lowest BCUT2D eigenvalue weighted by molar-refractivity contribution is -0.113. The number of rotatable bonds is 4. The zero-order valence-corrected chi connectivity index (χ0v) is 16.7. The van der Waals surface area contributed by atoms with Crippen LogP contribution in [0, 0.1) is 11.3 Å². The van der Waals surface area contributed by atoms with Gasteiger partial charge in [-0.1, -0.05) is 48.9 Å². The van der Waals surface area contributed by atoms with Crippen LogP contribution in [-0.4, -0.2) is 16.2 Å². The average Bonchev–Trinajstić information content (AvgIpc) is 2.94. The van der Waals surface area contributed by atoms with Gasteiger partial charge in [-0.15, -0.1) is 0 Å². The minimum Gasteiger partial charge on any atom is -0.403 e. The van der Waals surface area contributed by atoms with E-state index in [-0.39, 0.29) is 11.7 Å². The van der Waals surface area contributed by atoms with E-state index in [1.807, 2.05) is 60.1 Å². The van der Waals surface area contributed by atoms with Gasteiger partial charge >= 0.3 is 0 Å². The Morgan fingerprint density at radius 2 is 1.86 bits per heavy atom. The third-order valence-electron chi connectivity index (χ3n) is 3.88. The quantitative estimate of drug-likeness (QED) is 0.585. The second-order valence-corrected chi connectivity index (χ2v) is 6.82. The number of aromatic nitrogens is 1. The van der Waals surface area contributed by atoms with Crippen molar-refractivity contribution in [3.8, 4) is 17.3 Å². The topological polar surface area (TPSA) is 110 Å². The molecule has 0 unspecified atom stereocenters. The Kier molecular flexibility index (Phi) is 7.27. The summed E-state index contributed by atoms with van der Waals surface area (Å²) in [5, 5.41) is 18.6. The zero-order chi connectivity index (χ0) is 20.7. The van der Waals surface area contributed by atoms with E-state index in [9.17, 15) is 10.1 Å². The number of allylic oxidation sites excluding steroid dienone is 1. The summed E-state index contributed by atoms with van der Waals surface area (Å²) < 4.78 is 2.02. The molecule has 144 valence electrons. The van der Waals surface area contributed by atoms with Gasteiger partial charge in [0.15, 0.2) is 0 Å². The van der Waals surface area contributed by atoms with Crippen LogP contribution in [0.5, 0.6) is 0 Å². The molecular formula is C21H23N5OS. The molecule has 7 heteroatoms. The summed E-state index contributed by atoms with van der Waals surface area (Å²) in [7, 11) is 1.95. The summed E-state index contributed by atoms with van der Waals surface area (Å²) in [6.07, 6.45) is 0. The third-order valence-corrected chi connectivity index (χ3v) is 4.30. The number of nitriles is 1. The smallest absolute Gasteiger partial charge is 0.235 e. The van der Waals surface area contributed by atoms with Crippen LogP contribution in [0.15, 0.2) is 60.8 Å². The number of carbonyl (C=O) groups excluding carboxylic acids is 1. The van der Waals surface area contributed by atoms with Gasteiger partial charge in [0, 0.05) is 23.6 Å². The van der Waals surface area contributed by atoms with Crippen LogP contribution < -0.4 is 16.2 Å². The van der Waals surface area contributed by atoms with Crippen molar-refractivity contribution in [2.75, 3.05) is 11.1 Å². The second kappa shape index (κ2) is 9.65. The molecule has 0 fully saturated rings. The molecule has 0 saturated heterocycles. The van der Waals surface area contributed by atoms with Crippen LogP contribution in [0.4, 0.5) is 5.69 Å². The fourth-order valence-electron chi connectivity index (χ4n) is 2.83. The first kappa shape index (κ1) is 21.1. The maximum atomic E-state index is 11.6. The Morgan fingerprint density at radius 3 is 2.43 bits per heavy atom. The van der Waals surface area contributed by atoms with Crippen LogP contribution in [0.3, 0.4) is 0 Å². The predicted octanol–water partition coefficient (Wildman–Crippen LogP) is 3.74. The molecule has 6 nitrogen and oxygen atoms in total. The SMILES string of the molecule is C=C(C)N.Cn1c(-c2ccc(NC(=O)CSN)cc2)c(C#N)c2ccccc21. The van der Waals surface area contributed by atoms with E-state index in [0.29, 0.717) is 16.9 Å². The van der Waals surface area contributed by atoms with Gasteiger partial charge in [-0.05, 0) is 36.4 Å². The Hall–Kier alpha value is -3.21. The standard InChI is InChI=1S/C18H16N4OS.C3H7N/c1-22-16-5-3-2-4-14(16)15(10-19)18(22)12-6-8-13(9-7-12)21-17(23)11-24-20;1-3(2)4/h2-9H,11,20H2,1H3,(H,21,23);1,4H2,2H3. The molecule has 1 heterocycles. The molecule has 2 aromatic carbocycles. The fraction of sp³-hybridized carbons (Fsp3) is 0.143. The van der Waals surface area contributed by atoms with Crippen molar-refractivity contribution >= 4 is 34.4 Å². The third kappa shape index (κ3) is 4.94. The molecule has 0 saturated carbocycles. The molecule has 3 rings (SSSR count). The molecule has 1 amide bonds. The molecule has 0 radical (unpaired) electrons. The molecular weight excluding hydrogens is 370 g/mol. The Bertz CT molecular complexity index is 1030. The van der Waals surface area contributed by atoms with E-state index < -0.39 is 0 Å². The number of para-hydroxylation sites is 1. The van der Waals surface area contributed by atoms with Gasteiger partial charge in [-0.2, -0.15) is 5.26 Å². The van der Waals surface area contributed by atoms with Gasteiger partial charge in [0.1, 0.15) is 6.07 Å². The van der Waals surface area contributed by atoms with Gasteiger partial charge < -0.3 is 15.6 Å². The number of hydrogen-bond acceptors (Lipinski definition) is 5. The maximum Gasteiger partial charge on any atom is 0.235 e. The van der Waals surface area contributed by atoms with Crippen LogP contribution in [0.2, 0.25) is 0 Å². The summed E-state index contributed by atoms with van der Waals surface area (Å²) in [5.74, 6) is 0.0707. The highest BCUT2D eigenvalue weighted by Gasteiger charge is 2.16. The lowest BCUT2D eigenvalue weighted by Crippen LogP contribution is -2.14. The molecule has 0 atom stereocenters. The first-order chi connectivity index (χ1) is 13.4. The Morgan fingerprint density at radius 1 is 1.25 bits per heavy atom. The lowest BCUT2D eigenvalue weighted by Gasteiger charge is -2.08. The van der Waals surface area contributed by atoms with Crippen molar-refractivity contribution in [1.29, 1.82) is 5.26 Å². The van der Waals surface area contributed by atoms with E-state index >= 15 is 0 Å². The molecule has 0 aliphatic carbocycles. The molecule has 0 aliphatic rings. The fourth-order valence-corrected chi connectivity index (χ4v) is 3.05. The van der Waals surface area contributed by atoms with Crippen molar-refractivity contribution < 1.29 is 4.79 Å². The van der Waals surface area contributed by atoms with Crippen molar-refractivity contribution in [3.05, 3.63) is 66.4 Å². The Balaban J connectivity index is 0.000000640. The molecule has 3 aromatic rings. The number of carbonyl (C=O) groups is 1. The van der Waals surface area contributed by atoms with Gasteiger partial charge in [-0.3, -0.25) is 9.93 Å². The Labute approximate surface area is 169 Å². The number of nitrogens with zero attached hydrogens (tertiary/aromatic N) is 2. The maximum absolute atomic E-state index is 11.6. The number of anilines is 1. The molecule has 0 bridgehead atoms. The van der Waals surface area contributed by atoms with Crippen molar-refractivity contribution in [3.63, 3.8) is 0 Å². The highest BCUT2D eigenvalue weighted by atomic mass is 32.2. The van der Waals surface area contributed by atoms with Gasteiger partial charge in [0.2, 0.25) is 5.91 Å². The number of benzene rings is 2. The number of hydrogen-bond donors (Lipinski definition) is 3. The van der Waals surface area contributed by atoms with E-state index in [0.717, 1.165) is 34.1 Å². The van der Waals surface area contributed by atoms with Gasteiger partial charge in [0.25, 0.3) is 0 Å². The van der Waals surface area contributed by atoms with Crippen LogP contribution in [-0.2, 0) is 11.8 Å². The summed E-state index contributed by atoms with van der Waals surface area (Å²) in [6.45, 7) is 5.08. The monoisotopic (exact) mass is 393 g/mol. The van der Waals surface area contributed by atoms with E-state index in [1.165, 1.54) is 0 Å². The molecule has 0 aliphatic heterocycles. The van der Waals surface area contributed by atoms with E-state index in [2.05, 4.69) is 18.0 Å². The van der Waals surface area contributed by atoms with E-state index in [4.69, 9.17) is 10.9 Å². The highest BCUT2D eigenvalue weighted by Crippen LogP contribution is 2.32. The summed E-state index contributed by atoms with van der Waals surface area (Å²) >= 11 is 0.987. The first-order valence-electron chi connectivity index (χ1n) is 8.49. The zero-order valence-electron chi connectivity index (χ0n) is 15.9. The number of fused-ring (bicyclic) bond motifs is 1. The highest BCUT2D eigenvalue weighted by molar-refractivity contribution is 7.97. The van der Waals surface area contributed by atoms with Gasteiger partial charge in [0.05, 0.1) is 17.0 Å². The number of amides is 1. The minimum atomic E-state index is -0.141. The molecule has 0 spiro atoms. The summed E-state index contributed by atoms with van der Waals surface area (Å²) in [6, 6.07) is 17.6. The molecule has 5 N–H and O–H groups in total. The minimum absolute atomic E-state index is 0.141. The number of nitrogens with two attached hydrogens (primary N) is 2. The van der Waals surface area contributed by atoms with Crippen molar-refractivity contribution in [2.24, 2.45) is 17.9 Å². The van der Waals surface area contributed by atoms with Gasteiger partial charge in [-0.25, -0.2) is 0 Å².